The Morgan fingerprint density at radius 3 is 2.71 bits per heavy atom. The normalized spacial score (nSPS) is 19.0. The molecule has 1 fully saturated rings. The van der Waals surface area contributed by atoms with Gasteiger partial charge in [0.2, 0.25) is 0 Å². The van der Waals surface area contributed by atoms with Gasteiger partial charge in [0.1, 0.15) is 0 Å². The highest BCUT2D eigenvalue weighted by atomic mass is 14.9. The number of benzene rings is 1. The van der Waals surface area contributed by atoms with E-state index in [2.05, 4.69) is 50.4 Å². The first-order valence-corrected chi connectivity index (χ1v) is 7.02. The molecule has 0 saturated heterocycles. The summed E-state index contributed by atoms with van der Waals surface area (Å²) in [7, 11) is 0. The minimum atomic E-state index is 0.544. The molecule has 1 aromatic carbocycles. The van der Waals surface area contributed by atoms with Gasteiger partial charge in [-0.2, -0.15) is 0 Å². The van der Waals surface area contributed by atoms with E-state index < -0.39 is 0 Å². The summed E-state index contributed by atoms with van der Waals surface area (Å²) in [6.45, 7) is 7.95. The molecular formula is C16H25N. The Balaban J connectivity index is 2.13. The van der Waals surface area contributed by atoms with Crippen LogP contribution >= 0.6 is 0 Å². The molecule has 2 unspecified atom stereocenters. The van der Waals surface area contributed by atoms with Crippen LogP contribution in [-0.2, 0) is 0 Å². The van der Waals surface area contributed by atoms with Crippen molar-refractivity contribution < 1.29 is 0 Å². The van der Waals surface area contributed by atoms with Crippen LogP contribution in [0.25, 0.3) is 0 Å². The first-order chi connectivity index (χ1) is 8.22. The quantitative estimate of drug-likeness (QED) is 0.778. The van der Waals surface area contributed by atoms with Crippen LogP contribution in [0.2, 0.25) is 0 Å². The molecule has 0 bridgehead atoms. The van der Waals surface area contributed by atoms with E-state index in [0.717, 1.165) is 18.4 Å². The molecule has 1 aliphatic rings. The SMILES string of the molecule is CCCNC(c1cccc(C)c1)C(C)C1CC1. The van der Waals surface area contributed by atoms with Gasteiger partial charge in [-0.05, 0) is 50.1 Å². The Bertz CT molecular complexity index is 354. The first-order valence-electron chi connectivity index (χ1n) is 7.02. The third kappa shape index (κ3) is 3.32. The van der Waals surface area contributed by atoms with Crippen molar-refractivity contribution in [3.63, 3.8) is 0 Å². The Morgan fingerprint density at radius 1 is 1.35 bits per heavy atom. The zero-order valence-electron chi connectivity index (χ0n) is 11.4. The molecule has 1 nitrogen and oxygen atoms in total. The lowest BCUT2D eigenvalue weighted by Crippen LogP contribution is -2.28. The van der Waals surface area contributed by atoms with Crippen molar-refractivity contribution in [2.24, 2.45) is 11.8 Å². The molecule has 2 rings (SSSR count). The minimum Gasteiger partial charge on any atom is -0.310 e. The first kappa shape index (κ1) is 12.6. The molecule has 2 atom stereocenters. The summed E-state index contributed by atoms with van der Waals surface area (Å²) in [6.07, 6.45) is 4.06. The van der Waals surface area contributed by atoms with Gasteiger partial charge in [0.15, 0.2) is 0 Å². The van der Waals surface area contributed by atoms with Gasteiger partial charge < -0.3 is 5.32 Å². The van der Waals surface area contributed by atoms with Gasteiger partial charge in [-0.1, -0.05) is 43.7 Å². The van der Waals surface area contributed by atoms with Crippen LogP contribution in [0.5, 0.6) is 0 Å². The molecule has 1 aliphatic carbocycles. The number of hydrogen-bond donors (Lipinski definition) is 1. The second kappa shape index (κ2) is 5.68. The van der Waals surface area contributed by atoms with E-state index in [1.54, 1.807) is 0 Å². The minimum absolute atomic E-state index is 0.544. The average molecular weight is 231 g/mol. The van der Waals surface area contributed by atoms with Crippen molar-refractivity contribution in [2.45, 2.75) is 46.1 Å². The molecule has 1 saturated carbocycles. The van der Waals surface area contributed by atoms with Crippen LogP contribution in [-0.4, -0.2) is 6.54 Å². The fourth-order valence-corrected chi connectivity index (χ4v) is 2.66. The van der Waals surface area contributed by atoms with E-state index >= 15 is 0 Å². The summed E-state index contributed by atoms with van der Waals surface area (Å²) in [5.41, 5.74) is 2.84. The zero-order valence-corrected chi connectivity index (χ0v) is 11.4. The molecule has 0 aromatic heterocycles. The third-order valence-corrected chi connectivity index (χ3v) is 3.91. The second-order valence-corrected chi connectivity index (χ2v) is 5.54. The van der Waals surface area contributed by atoms with Gasteiger partial charge in [0.25, 0.3) is 0 Å². The van der Waals surface area contributed by atoms with Gasteiger partial charge in [0.05, 0.1) is 0 Å². The lowest BCUT2D eigenvalue weighted by Gasteiger charge is -2.26. The molecule has 1 heteroatoms. The molecule has 17 heavy (non-hydrogen) atoms. The predicted molar refractivity (Wildman–Crippen MR) is 74.1 cm³/mol. The molecule has 0 aliphatic heterocycles. The van der Waals surface area contributed by atoms with Gasteiger partial charge >= 0.3 is 0 Å². The predicted octanol–water partition coefficient (Wildman–Crippen LogP) is 4.08. The molecule has 1 aromatic rings. The van der Waals surface area contributed by atoms with Crippen LogP contribution in [0, 0.1) is 18.8 Å². The maximum absolute atomic E-state index is 3.73. The topological polar surface area (TPSA) is 12.0 Å². The van der Waals surface area contributed by atoms with Gasteiger partial charge in [-0.3, -0.25) is 0 Å². The van der Waals surface area contributed by atoms with E-state index in [0.29, 0.717) is 6.04 Å². The largest absolute Gasteiger partial charge is 0.310 e. The van der Waals surface area contributed by atoms with Gasteiger partial charge in [-0.15, -0.1) is 0 Å². The Morgan fingerprint density at radius 2 is 2.12 bits per heavy atom. The fourth-order valence-electron chi connectivity index (χ4n) is 2.66. The molecule has 0 spiro atoms. The van der Waals surface area contributed by atoms with E-state index in [1.165, 1.54) is 30.4 Å². The van der Waals surface area contributed by atoms with Crippen LogP contribution in [0.4, 0.5) is 0 Å². The third-order valence-electron chi connectivity index (χ3n) is 3.91. The van der Waals surface area contributed by atoms with Crippen LogP contribution in [0.3, 0.4) is 0 Å². The monoisotopic (exact) mass is 231 g/mol. The summed E-state index contributed by atoms with van der Waals surface area (Å²) in [5, 5.41) is 3.73. The smallest absolute Gasteiger partial charge is 0.0348 e. The molecule has 0 heterocycles. The molecule has 1 N–H and O–H groups in total. The van der Waals surface area contributed by atoms with E-state index in [9.17, 15) is 0 Å². The maximum Gasteiger partial charge on any atom is 0.0348 e. The Kier molecular flexibility index (Phi) is 4.22. The summed E-state index contributed by atoms with van der Waals surface area (Å²) >= 11 is 0. The van der Waals surface area contributed by atoms with Crippen molar-refractivity contribution in [1.82, 2.24) is 5.32 Å². The summed E-state index contributed by atoms with van der Waals surface area (Å²) in [6, 6.07) is 9.53. The van der Waals surface area contributed by atoms with Crippen LogP contribution in [0.15, 0.2) is 24.3 Å². The number of hydrogen-bond acceptors (Lipinski definition) is 1. The van der Waals surface area contributed by atoms with Crippen molar-refractivity contribution >= 4 is 0 Å². The summed E-state index contributed by atoms with van der Waals surface area (Å²) in [5.74, 6) is 1.72. The van der Waals surface area contributed by atoms with E-state index in [4.69, 9.17) is 0 Å². The highest BCUT2D eigenvalue weighted by Crippen LogP contribution is 2.42. The Labute approximate surface area is 106 Å². The zero-order chi connectivity index (χ0) is 12.3. The molecule has 0 amide bonds. The van der Waals surface area contributed by atoms with Crippen molar-refractivity contribution in [3.05, 3.63) is 35.4 Å². The molecular weight excluding hydrogens is 206 g/mol. The highest BCUT2D eigenvalue weighted by Gasteiger charge is 2.33. The van der Waals surface area contributed by atoms with E-state index in [-0.39, 0.29) is 0 Å². The maximum atomic E-state index is 3.73. The molecule has 94 valence electrons. The van der Waals surface area contributed by atoms with Crippen molar-refractivity contribution in [1.29, 1.82) is 0 Å². The number of rotatable bonds is 6. The average Bonchev–Trinajstić information content (AvgIpc) is 3.13. The van der Waals surface area contributed by atoms with Gasteiger partial charge in [0, 0.05) is 6.04 Å². The van der Waals surface area contributed by atoms with E-state index in [1.807, 2.05) is 0 Å². The number of nitrogens with one attached hydrogen (secondary N) is 1. The van der Waals surface area contributed by atoms with Crippen LogP contribution < -0.4 is 5.32 Å². The second-order valence-electron chi connectivity index (χ2n) is 5.54. The Hall–Kier alpha value is -0.820. The van der Waals surface area contributed by atoms with Gasteiger partial charge in [-0.25, -0.2) is 0 Å². The molecule has 0 radical (unpaired) electrons. The van der Waals surface area contributed by atoms with Crippen molar-refractivity contribution in [3.8, 4) is 0 Å². The lowest BCUT2D eigenvalue weighted by molar-refractivity contribution is 0.349. The number of aryl methyl sites for hydroxylation is 1. The van der Waals surface area contributed by atoms with Crippen LogP contribution in [0.1, 0.15) is 50.3 Å². The standard InChI is InChI=1S/C16H25N/c1-4-10-17-16(13(3)14-8-9-14)15-7-5-6-12(2)11-15/h5-7,11,13-14,16-17H,4,8-10H2,1-3H3. The fraction of sp³-hybridized carbons (Fsp3) is 0.625. The summed E-state index contributed by atoms with van der Waals surface area (Å²) < 4.78 is 0. The summed E-state index contributed by atoms with van der Waals surface area (Å²) in [4.78, 5) is 0. The van der Waals surface area contributed by atoms with Crippen molar-refractivity contribution in [2.75, 3.05) is 6.54 Å². The highest BCUT2D eigenvalue weighted by molar-refractivity contribution is 5.26. The lowest BCUT2D eigenvalue weighted by atomic mass is 9.90.